The Morgan fingerprint density at radius 2 is 1.92 bits per heavy atom. The highest BCUT2D eigenvalue weighted by atomic mass is 32.2. The van der Waals surface area contributed by atoms with Crippen LogP contribution in [0.15, 0.2) is 24.3 Å². The third-order valence-corrected chi connectivity index (χ3v) is 2.84. The van der Waals surface area contributed by atoms with Gasteiger partial charge in [-0.05, 0) is 24.3 Å². The molecule has 0 spiro atoms. The normalized spacial score (nSPS) is 19.6. The fourth-order valence-electron chi connectivity index (χ4n) is 1.03. The van der Waals surface area contributed by atoms with E-state index in [0.29, 0.717) is 0 Å². The molecule has 13 heavy (non-hydrogen) atoms. The zero-order valence-electron chi connectivity index (χ0n) is 7.53. The second-order valence-electron chi connectivity index (χ2n) is 2.94. The molecule has 1 aromatic carbocycles. The maximum absolute atomic E-state index is 5.55. The highest BCUT2D eigenvalue weighted by Crippen LogP contribution is 2.30. The van der Waals surface area contributed by atoms with Crippen molar-refractivity contribution in [1.82, 2.24) is 0 Å². The van der Waals surface area contributed by atoms with Crippen molar-refractivity contribution >= 4 is 11.8 Å². The van der Waals surface area contributed by atoms with Crippen molar-refractivity contribution in [3.63, 3.8) is 0 Å². The van der Waals surface area contributed by atoms with Crippen LogP contribution in [0.1, 0.15) is 0 Å². The van der Waals surface area contributed by atoms with Crippen molar-refractivity contribution in [1.29, 1.82) is 0 Å². The minimum atomic E-state index is 0.724. The summed E-state index contributed by atoms with van der Waals surface area (Å²) in [6.45, 7) is 0.830. The molecule has 0 aliphatic carbocycles. The van der Waals surface area contributed by atoms with E-state index >= 15 is 0 Å². The Kier molecular flexibility index (Phi) is 2.64. The van der Waals surface area contributed by atoms with Crippen molar-refractivity contribution in [2.45, 2.75) is 5.25 Å². The summed E-state index contributed by atoms with van der Waals surface area (Å²) in [6, 6.07) is 7.70. The van der Waals surface area contributed by atoms with E-state index in [1.807, 2.05) is 36.0 Å². The predicted molar refractivity (Wildman–Crippen MR) is 54.7 cm³/mol. The molecule has 2 nitrogen and oxygen atoms in total. The van der Waals surface area contributed by atoms with Gasteiger partial charge < -0.3 is 9.47 Å². The van der Waals surface area contributed by atoms with E-state index in [-0.39, 0.29) is 0 Å². The summed E-state index contributed by atoms with van der Waals surface area (Å²) < 4.78 is 10.6. The third kappa shape index (κ3) is 2.56. The van der Waals surface area contributed by atoms with E-state index in [0.717, 1.165) is 23.4 Å². The highest BCUT2D eigenvalue weighted by Gasteiger charge is 2.22. The van der Waals surface area contributed by atoms with E-state index in [4.69, 9.17) is 9.47 Å². The summed E-state index contributed by atoms with van der Waals surface area (Å²) in [4.78, 5) is 0. The lowest BCUT2D eigenvalue weighted by atomic mass is 10.3. The topological polar surface area (TPSA) is 18.5 Å². The standard InChI is InChI=1S/C10H12O2S/c1-11-8-2-4-9(5-3-8)12-6-10-7-13-10/h2-5,10H,6-7H2,1H3/t10-/m0/s1. The molecule has 1 aliphatic rings. The average Bonchev–Trinajstić information content (AvgIpc) is 2.99. The summed E-state index contributed by atoms with van der Waals surface area (Å²) in [5.74, 6) is 3.04. The van der Waals surface area contributed by atoms with Gasteiger partial charge in [-0.1, -0.05) is 0 Å². The van der Waals surface area contributed by atoms with Crippen LogP contribution < -0.4 is 9.47 Å². The molecule has 1 aromatic rings. The molecule has 1 saturated heterocycles. The van der Waals surface area contributed by atoms with Crippen molar-refractivity contribution in [2.24, 2.45) is 0 Å². The van der Waals surface area contributed by atoms with Gasteiger partial charge in [-0.2, -0.15) is 11.8 Å². The number of thioether (sulfide) groups is 1. The van der Waals surface area contributed by atoms with E-state index in [9.17, 15) is 0 Å². The number of methoxy groups -OCH3 is 1. The molecule has 0 N–H and O–H groups in total. The summed E-state index contributed by atoms with van der Waals surface area (Å²) in [5.41, 5.74) is 0. The molecule has 0 bridgehead atoms. The van der Waals surface area contributed by atoms with Gasteiger partial charge in [0.25, 0.3) is 0 Å². The first-order valence-electron chi connectivity index (χ1n) is 4.27. The first-order valence-corrected chi connectivity index (χ1v) is 5.32. The molecular formula is C10H12O2S. The number of hydrogen-bond acceptors (Lipinski definition) is 3. The summed E-state index contributed by atoms with van der Waals surface area (Å²) in [6.07, 6.45) is 0. The molecular weight excluding hydrogens is 184 g/mol. The largest absolute Gasteiger partial charge is 0.497 e. The monoisotopic (exact) mass is 196 g/mol. The van der Waals surface area contributed by atoms with Gasteiger partial charge in [-0.25, -0.2) is 0 Å². The molecule has 70 valence electrons. The van der Waals surface area contributed by atoms with Crippen molar-refractivity contribution in [3.05, 3.63) is 24.3 Å². The number of hydrogen-bond donors (Lipinski definition) is 0. The zero-order valence-corrected chi connectivity index (χ0v) is 8.34. The Balaban J connectivity index is 1.88. The number of ether oxygens (including phenoxy) is 2. The molecule has 0 amide bonds. The van der Waals surface area contributed by atoms with Crippen LogP contribution in [-0.2, 0) is 0 Å². The average molecular weight is 196 g/mol. The van der Waals surface area contributed by atoms with Crippen molar-refractivity contribution in [3.8, 4) is 11.5 Å². The van der Waals surface area contributed by atoms with E-state index in [2.05, 4.69) is 0 Å². The van der Waals surface area contributed by atoms with Gasteiger partial charge in [0.2, 0.25) is 0 Å². The minimum Gasteiger partial charge on any atom is -0.497 e. The van der Waals surface area contributed by atoms with E-state index in [1.165, 1.54) is 5.75 Å². The lowest BCUT2D eigenvalue weighted by Gasteiger charge is -2.04. The van der Waals surface area contributed by atoms with Crippen LogP contribution in [0.25, 0.3) is 0 Å². The second-order valence-corrected chi connectivity index (χ2v) is 4.28. The van der Waals surface area contributed by atoms with Gasteiger partial charge in [0.05, 0.1) is 7.11 Å². The Morgan fingerprint density at radius 1 is 1.31 bits per heavy atom. The molecule has 3 heteroatoms. The SMILES string of the molecule is COc1ccc(OC[C@H]2CS2)cc1. The second kappa shape index (κ2) is 3.92. The molecule has 1 atom stereocenters. The van der Waals surface area contributed by atoms with Crippen LogP contribution in [0.5, 0.6) is 11.5 Å². The number of rotatable bonds is 4. The smallest absolute Gasteiger partial charge is 0.119 e. The molecule has 1 fully saturated rings. The van der Waals surface area contributed by atoms with Crippen LogP contribution in [0.2, 0.25) is 0 Å². The van der Waals surface area contributed by atoms with Gasteiger partial charge in [0.1, 0.15) is 18.1 Å². The quantitative estimate of drug-likeness (QED) is 0.688. The fraction of sp³-hybridized carbons (Fsp3) is 0.400. The van der Waals surface area contributed by atoms with E-state index in [1.54, 1.807) is 7.11 Å². The van der Waals surface area contributed by atoms with Gasteiger partial charge in [0.15, 0.2) is 0 Å². The highest BCUT2D eigenvalue weighted by molar-refractivity contribution is 8.06. The zero-order chi connectivity index (χ0) is 9.10. The first kappa shape index (κ1) is 8.75. The van der Waals surface area contributed by atoms with Crippen LogP contribution in [0.4, 0.5) is 0 Å². The first-order chi connectivity index (χ1) is 6.38. The predicted octanol–water partition coefficient (Wildman–Crippen LogP) is 2.19. The van der Waals surface area contributed by atoms with E-state index < -0.39 is 0 Å². The van der Waals surface area contributed by atoms with Crippen LogP contribution >= 0.6 is 11.8 Å². The lowest BCUT2D eigenvalue weighted by molar-refractivity contribution is 0.329. The third-order valence-electron chi connectivity index (χ3n) is 1.90. The maximum atomic E-state index is 5.55. The Labute approximate surface area is 82.2 Å². The van der Waals surface area contributed by atoms with Gasteiger partial charge in [-0.15, -0.1) is 0 Å². The van der Waals surface area contributed by atoms with Gasteiger partial charge >= 0.3 is 0 Å². The van der Waals surface area contributed by atoms with Gasteiger partial charge in [0, 0.05) is 11.0 Å². The van der Waals surface area contributed by atoms with Gasteiger partial charge in [-0.3, -0.25) is 0 Å². The molecule has 0 radical (unpaired) electrons. The molecule has 0 unspecified atom stereocenters. The summed E-state index contributed by atoms with van der Waals surface area (Å²) >= 11 is 1.95. The molecule has 1 heterocycles. The minimum absolute atomic E-state index is 0.724. The fourth-order valence-corrected chi connectivity index (χ4v) is 1.42. The Morgan fingerprint density at radius 3 is 2.46 bits per heavy atom. The molecule has 1 aliphatic heterocycles. The molecule has 0 aromatic heterocycles. The van der Waals surface area contributed by atoms with Crippen molar-refractivity contribution < 1.29 is 9.47 Å². The number of benzene rings is 1. The van der Waals surface area contributed by atoms with Crippen LogP contribution in [0, 0.1) is 0 Å². The summed E-state index contributed by atoms with van der Waals surface area (Å²) in [5, 5.41) is 0.724. The van der Waals surface area contributed by atoms with Crippen LogP contribution in [-0.4, -0.2) is 24.7 Å². The van der Waals surface area contributed by atoms with Crippen molar-refractivity contribution in [2.75, 3.05) is 19.5 Å². The molecule has 0 saturated carbocycles. The maximum Gasteiger partial charge on any atom is 0.119 e. The van der Waals surface area contributed by atoms with Crippen LogP contribution in [0.3, 0.4) is 0 Å². The lowest BCUT2D eigenvalue weighted by Crippen LogP contribution is -2.02. The summed E-state index contributed by atoms with van der Waals surface area (Å²) in [7, 11) is 1.66. The Bertz CT molecular complexity index is 267. The molecule has 2 rings (SSSR count). The Hall–Kier alpha value is -0.830.